The van der Waals surface area contributed by atoms with Crippen LogP contribution in [0, 0.1) is 0 Å². The summed E-state index contributed by atoms with van der Waals surface area (Å²) in [5.74, 6) is 1.04. The number of rotatable bonds is 10. The Labute approximate surface area is 193 Å². The average Bonchev–Trinajstić information content (AvgIpc) is 3.18. The number of hydrogen-bond donors (Lipinski definition) is 0. The Morgan fingerprint density at radius 1 is 1.10 bits per heavy atom. The van der Waals surface area contributed by atoms with Crippen LogP contribution in [0.3, 0.4) is 0 Å². The summed E-state index contributed by atoms with van der Waals surface area (Å²) in [4.78, 5) is 21.9. The zero-order chi connectivity index (χ0) is 22.4. The number of aromatic nitrogens is 1. The normalized spacial score (nSPS) is 11.5. The van der Waals surface area contributed by atoms with E-state index in [2.05, 4.69) is 37.6 Å². The summed E-state index contributed by atoms with van der Waals surface area (Å²) in [6, 6.07) is 13.5. The van der Waals surface area contributed by atoms with Gasteiger partial charge >= 0.3 is 0 Å². The van der Waals surface area contributed by atoms with Gasteiger partial charge in [0.1, 0.15) is 5.75 Å². The summed E-state index contributed by atoms with van der Waals surface area (Å²) >= 11 is 7.61. The van der Waals surface area contributed by atoms with E-state index < -0.39 is 0 Å². The zero-order valence-electron chi connectivity index (χ0n) is 18.6. The highest BCUT2D eigenvalue weighted by molar-refractivity contribution is 7.22. The molecule has 0 bridgehead atoms. The molecule has 3 aromatic rings. The molecule has 0 saturated carbocycles. The SMILES string of the molecule is CCN(CC)CCN(C(=O)COc1ccc(C(C)C)cc1)c1nc2ccc(Cl)cc2s1. The second-order valence-electron chi connectivity index (χ2n) is 7.69. The van der Waals surface area contributed by atoms with E-state index >= 15 is 0 Å². The highest BCUT2D eigenvalue weighted by Crippen LogP contribution is 2.31. The number of benzene rings is 2. The molecule has 0 unspecified atom stereocenters. The van der Waals surface area contributed by atoms with Crippen LogP contribution in [0.1, 0.15) is 39.2 Å². The molecule has 0 N–H and O–H groups in total. The van der Waals surface area contributed by atoms with Crippen molar-refractivity contribution in [2.45, 2.75) is 33.6 Å². The van der Waals surface area contributed by atoms with Crippen LogP contribution in [-0.2, 0) is 4.79 Å². The molecule has 2 aromatic carbocycles. The number of carbonyl (C=O) groups is 1. The van der Waals surface area contributed by atoms with Crippen molar-refractivity contribution in [3.63, 3.8) is 0 Å². The Balaban J connectivity index is 1.76. The zero-order valence-corrected chi connectivity index (χ0v) is 20.2. The molecule has 0 radical (unpaired) electrons. The van der Waals surface area contributed by atoms with Crippen molar-refractivity contribution >= 4 is 44.2 Å². The van der Waals surface area contributed by atoms with E-state index in [1.54, 1.807) is 4.90 Å². The quantitative estimate of drug-likeness (QED) is 0.382. The molecule has 1 heterocycles. The molecule has 0 aliphatic rings. The molecule has 0 atom stereocenters. The Kier molecular flexibility index (Phi) is 8.29. The van der Waals surface area contributed by atoms with Crippen LogP contribution in [0.2, 0.25) is 5.02 Å². The van der Waals surface area contributed by atoms with Crippen molar-refractivity contribution in [1.29, 1.82) is 0 Å². The van der Waals surface area contributed by atoms with Gasteiger partial charge in [0.25, 0.3) is 5.91 Å². The largest absolute Gasteiger partial charge is 0.484 e. The summed E-state index contributed by atoms with van der Waals surface area (Å²) < 4.78 is 6.77. The van der Waals surface area contributed by atoms with Crippen LogP contribution < -0.4 is 9.64 Å². The van der Waals surface area contributed by atoms with E-state index in [1.165, 1.54) is 16.9 Å². The van der Waals surface area contributed by atoms with Gasteiger partial charge in [0.05, 0.1) is 10.2 Å². The van der Waals surface area contributed by atoms with E-state index in [0.29, 0.717) is 28.4 Å². The van der Waals surface area contributed by atoms with Gasteiger partial charge < -0.3 is 9.64 Å². The lowest BCUT2D eigenvalue weighted by molar-refractivity contribution is -0.120. The lowest BCUT2D eigenvalue weighted by Gasteiger charge is -2.24. The highest BCUT2D eigenvalue weighted by Gasteiger charge is 2.21. The molecular formula is C24H30ClN3O2S. The molecule has 0 fully saturated rings. The second kappa shape index (κ2) is 10.9. The van der Waals surface area contributed by atoms with Crippen molar-refractivity contribution in [1.82, 2.24) is 9.88 Å². The maximum Gasteiger partial charge on any atom is 0.266 e. The molecular weight excluding hydrogens is 430 g/mol. The summed E-state index contributed by atoms with van der Waals surface area (Å²) in [5, 5.41) is 1.34. The van der Waals surface area contributed by atoms with Crippen molar-refractivity contribution in [3.8, 4) is 5.75 Å². The van der Waals surface area contributed by atoms with Crippen molar-refractivity contribution in [3.05, 3.63) is 53.1 Å². The smallest absolute Gasteiger partial charge is 0.266 e. The topological polar surface area (TPSA) is 45.7 Å². The first-order valence-electron chi connectivity index (χ1n) is 10.7. The van der Waals surface area contributed by atoms with Crippen LogP contribution in [-0.4, -0.2) is 48.6 Å². The van der Waals surface area contributed by atoms with E-state index in [4.69, 9.17) is 16.3 Å². The predicted octanol–water partition coefficient (Wildman–Crippen LogP) is 5.83. The highest BCUT2D eigenvalue weighted by atomic mass is 35.5. The van der Waals surface area contributed by atoms with E-state index in [-0.39, 0.29) is 12.5 Å². The Bertz CT molecular complexity index is 1000. The number of halogens is 1. The number of likely N-dealkylation sites (N-methyl/N-ethyl adjacent to an activating group) is 1. The molecule has 31 heavy (non-hydrogen) atoms. The third-order valence-electron chi connectivity index (χ3n) is 5.31. The van der Waals surface area contributed by atoms with Crippen LogP contribution in [0.25, 0.3) is 10.2 Å². The first-order chi connectivity index (χ1) is 14.9. The van der Waals surface area contributed by atoms with E-state index in [0.717, 1.165) is 29.9 Å². The molecule has 0 aliphatic heterocycles. The van der Waals surface area contributed by atoms with Crippen LogP contribution >= 0.6 is 22.9 Å². The fourth-order valence-corrected chi connectivity index (χ4v) is 4.57. The van der Waals surface area contributed by atoms with Crippen LogP contribution in [0.5, 0.6) is 5.75 Å². The number of carbonyl (C=O) groups excluding carboxylic acids is 1. The van der Waals surface area contributed by atoms with Gasteiger partial charge in [-0.2, -0.15) is 0 Å². The summed E-state index contributed by atoms with van der Waals surface area (Å²) in [6.45, 7) is 11.7. The molecule has 5 nitrogen and oxygen atoms in total. The third kappa shape index (κ3) is 6.19. The second-order valence-corrected chi connectivity index (χ2v) is 9.14. The number of amides is 1. The van der Waals surface area contributed by atoms with E-state index in [9.17, 15) is 4.79 Å². The first-order valence-corrected chi connectivity index (χ1v) is 11.9. The van der Waals surface area contributed by atoms with Gasteiger partial charge in [0.2, 0.25) is 0 Å². The average molecular weight is 460 g/mol. The minimum atomic E-state index is -0.106. The molecule has 0 spiro atoms. The minimum Gasteiger partial charge on any atom is -0.484 e. The monoisotopic (exact) mass is 459 g/mol. The number of anilines is 1. The first kappa shape index (κ1) is 23.5. The lowest BCUT2D eigenvalue weighted by Crippen LogP contribution is -2.41. The van der Waals surface area contributed by atoms with Crippen molar-refractivity contribution < 1.29 is 9.53 Å². The van der Waals surface area contributed by atoms with Gasteiger partial charge in [-0.25, -0.2) is 4.98 Å². The number of thiazole rings is 1. The lowest BCUT2D eigenvalue weighted by atomic mass is 10.0. The van der Waals surface area contributed by atoms with Crippen LogP contribution in [0.15, 0.2) is 42.5 Å². The summed E-state index contributed by atoms with van der Waals surface area (Å²) in [6.07, 6.45) is 0. The van der Waals surface area contributed by atoms with Gasteiger partial charge in [-0.3, -0.25) is 9.69 Å². The molecule has 3 rings (SSSR count). The molecule has 166 valence electrons. The van der Waals surface area contributed by atoms with Gasteiger partial charge in [-0.1, -0.05) is 62.8 Å². The number of nitrogens with zero attached hydrogens (tertiary/aromatic N) is 3. The number of fused-ring (bicyclic) bond motifs is 1. The Hall–Kier alpha value is -2.15. The maximum absolute atomic E-state index is 13.1. The summed E-state index contributed by atoms with van der Waals surface area (Å²) in [7, 11) is 0. The molecule has 7 heteroatoms. The summed E-state index contributed by atoms with van der Waals surface area (Å²) in [5.41, 5.74) is 2.09. The van der Waals surface area contributed by atoms with Crippen molar-refractivity contribution in [2.24, 2.45) is 0 Å². The minimum absolute atomic E-state index is 0.0318. The van der Waals surface area contributed by atoms with E-state index in [1.807, 2.05) is 42.5 Å². The predicted molar refractivity (Wildman–Crippen MR) is 131 cm³/mol. The fraction of sp³-hybridized carbons (Fsp3) is 0.417. The molecule has 1 aromatic heterocycles. The Morgan fingerprint density at radius 3 is 2.45 bits per heavy atom. The van der Waals surface area contributed by atoms with Crippen LogP contribution in [0.4, 0.5) is 5.13 Å². The Morgan fingerprint density at radius 2 is 1.81 bits per heavy atom. The van der Waals surface area contributed by atoms with Gasteiger partial charge in [-0.15, -0.1) is 0 Å². The molecule has 0 aliphatic carbocycles. The molecule has 1 amide bonds. The molecule has 0 saturated heterocycles. The number of ether oxygens (including phenoxy) is 1. The van der Waals surface area contributed by atoms with Crippen molar-refractivity contribution in [2.75, 3.05) is 37.7 Å². The van der Waals surface area contributed by atoms with Gasteiger partial charge in [0.15, 0.2) is 11.7 Å². The van der Waals surface area contributed by atoms with Gasteiger partial charge in [-0.05, 0) is 54.9 Å². The van der Waals surface area contributed by atoms with Gasteiger partial charge in [0, 0.05) is 18.1 Å². The maximum atomic E-state index is 13.1. The standard InChI is InChI=1S/C24H30ClN3O2S/c1-5-27(6-2)13-14-28(24-26-21-12-9-19(25)15-22(21)31-24)23(29)16-30-20-10-7-18(8-11-20)17(3)4/h7-12,15,17H,5-6,13-14,16H2,1-4H3. The third-order valence-corrected chi connectivity index (χ3v) is 6.59. The number of hydrogen-bond acceptors (Lipinski definition) is 5. The fourth-order valence-electron chi connectivity index (χ4n) is 3.28.